The number of nitroso groups, excluding NO2 is 1. The van der Waals surface area contributed by atoms with E-state index < -0.39 is 10.7 Å². The van der Waals surface area contributed by atoms with Gasteiger partial charge in [-0.2, -0.15) is 4.79 Å². The average Bonchev–Trinajstić information content (AvgIpc) is 2.05. The first kappa shape index (κ1) is 8.09. The maximum atomic E-state index is 10.5. The first-order valence-corrected chi connectivity index (χ1v) is 3.24. The second kappa shape index (κ2) is 2.93. The van der Waals surface area contributed by atoms with Crippen LogP contribution in [0, 0.1) is 4.91 Å². The number of amides is 1. The highest BCUT2D eigenvalue weighted by Crippen LogP contribution is 2.11. The Hall–Kier alpha value is -1.01. The van der Waals surface area contributed by atoms with Crippen LogP contribution in [0.5, 0.6) is 0 Å². The van der Waals surface area contributed by atoms with Gasteiger partial charge in [0.25, 0.3) is 0 Å². The Morgan fingerprint density at radius 1 is 1.45 bits per heavy atom. The minimum absolute atomic E-state index is 0.124. The van der Waals surface area contributed by atoms with Crippen molar-refractivity contribution < 1.29 is 19.2 Å². The van der Waals surface area contributed by atoms with Crippen LogP contribution in [0.1, 0.15) is 0 Å². The zero-order valence-electron chi connectivity index (χ0n) is 5.89. The van der Waals surface area contributed by atoms with Crippen molar-refractivity contribution in [2.75, 3.05) is 26.3 Å². The summed E-state index contributed by atoms with van der Waals surface area (Å²) in [4.78, 5) is 20.7. The van der Waals surface area contributed by atoms with Crippen LogP contribution in [0.25, 0.3) is 0 Å². The summed E-state index contributed by atoms with van der Waals surface area (Å²) in [6.45, 7) is 0.799. The van der Waals surface area contributed by atoms with E-state index in [0.29, 0.717) is 0 Å². The molecular weight excluding hydrogens is 152 g/mol. The van der Waals surface area contributed by atoms with Crippen molar-refractivity contribution in [3.05, 3.63) is 4.91 Å². The molecule has 11 heavy (non-hydrogen) atoms. The maximum absolute atomic E-state index is 10.5. The SMILES string of the molecule is O=N[N+]1(C(=O)O)CCOCC1. The van der Waals surface area contributed by atoms with Crippen LogP contribution in [-0.2, 0) is 4.74 Å². The van der Waals surface area contributed by atoms with Crippen LogP contribution in [0.2, 0.25) is 0 Å². The summed E-state index contributed by atoms with van der Waals surface area (Å²) in [6.07, 6.45) is -1.21. The number of hydrogen-bond acceptors (Lipinski definition) is 4. The molecule has 0 aromatic heterocycles. The standard InChI is InChI=1S/C5H8N2O4/c8-5(9)7(6-10)1-3-11-4-2-7/h1-4H2/p+1. The van der Waals surface area contributed by atoms with E-state index in [1.807, 2.05) is 0 Å². The minimum atomic E-state index is -1.21. The van der Waals surface area contributed by atoms with Gasteiger partial charge in [0, 0.05) is 0 Å². The molecule has 0 radical (unpaired) electrons. The highest BCUT2D eigenvalue weighted by Gasteiger charge is 2.41. The van der Waals surface area contributed by atoms with Crippen LogP contribution in [0.4, 0.5) is 4.79 Å². The first-order chi connectivity index (χ1) is 5.21. The van der Waals surface area contributed by atoms with Gasteiger partial charge in [-0.1, -0.05) is 9.50 Å². The minimum Gasteiger partial charge on any atom is -0.434 e. The number of rotatable bonds is 1. The van der Waals surface area contributed by atoms with Gasteiger partial charge < -0.3 is 9.84 Å². The Morgan fingerprint density at radius 3 is 2.27 bits per heavy atom. The van der Waals surface area contributed by atoms with E-state index in [1.54, 1.807) is 0 Å². The summed E-state index contributed by atoms with van der Waals surface area (Å²) in [7, 11) is 0. The highest BCUT2D eigenvalue weighted by molar-refractivity contribution is 5.56. The number of morpholine rings is 1. The van der Waals surface area contributed by atoms with Crippen LogP contribution in [-0.4, -0.2) is 42.1 Å². The number of carbonyl (C=O) groups is 1. The van der Waals surface area contributed by atoms with Gasteiger partial charge in [-0.3, -0.25) is 0 Å². The van der Waals surface area contributed by atoms with Gasteiger partial charge in [0.05, 0.1) is 13.2 Å². The molecule has 0 spiro atoms. The number of nitrogens with zero attached hydrogens (tertiary/aromatic N) is 2. The fraction of sp³-hybridized carbons (Fsp3) is 0.800. The van der Waals surface area contributed by atoms with Gasteiger partial charge in [-0.25, -0.2) is 0 Å². The molecule has 0 saturated carbocycles. The summed E-state index contributed by atoms with van der Waals surface area (Å²) in [6, 6.07) is 0. The molecule has 1 fully saturated rings. The highest BCUT2D eigenvalue weighted by atomic mass is 16.5. The zero-order chi connectivity index (χ0) is 8.32. The van der Waals surface area contributed by atoms with Crippen molar-refractivity contribution >= 4 is 6.09 Å². The van der Waals surface area contributed by atoms with Crippen molar-refractivity contribution in [3.8, 4) is 0 Å². The molecule has 1 aliphatic heterocycles. The molecule has 6 nitrogen and oxygen atoms in total. The molecule has 0 aliphatic carbocycles. The fourth-order valence-corrected chi connectivity index (χ4v) is 0.953. The van der Waals surface area contributed by atoms with Crippen molar-refractivity contribution in [2.24, 2.45) is 5.29 Å². The fourth-order valence-electron chi connectivity index (χ4n) is 0.953. The molecule has 1 rings (SSSR count). The largest absolute Gasteiger partial charge is 0.543 e. The van der Waals surface area contributed by atoms with Crippen LogP contribution in [0.15, 0.2) is 5.29 Å². The van der Waals surface area contributed by atoms with E-state index in [1.165, 1.54) is 0 Å². The molecule has 1 aliphatic rings. The van der Waals surface area contributed by atoms with Crippen molar-refractivity contribution in [2.45, 2.75) is 0 Å². The quantitative estimate of drug-likeness (QED) is 0.440. The third-order valence-corrected chi connectivity index (χ3v) is 1.72. The van der Waals surface area contributed by atoms with Crippen LogP contribution in [0.3, 0.4) is 0 Å². The molecule has 0 bridgehead atoms. The third kappa shape index (κ3) is 1.36. The first-order valence-electron chi connectivity index (χ1n) is 3.24. The molecule has 6 heteroatoms. The molecule has 0 aromatic rings. The van der Waals surface area contributed by atoms with Crippen LogP contribution >= 0.6 is 0 Å². The number of quaternary nitrogens is 1. The number of hydrogen-bond donors (Lipinski definition) is 1. The topological polar surface area (TPSA) is 76.0 Å². The predicted octanol–water partition coefficient (Wildman–Crippen LogP) is 0.193. The molecule has 0 aromatic carbocycles. The lowest BCUT2D eigenvalue weighted by molar-refractivity contribution is -0.873. The zero-order valence-corrected chi connectivity index (χ0v) is 5.89. The Labute approximate surface area is 62.9 Å². The van der Waals surface area contributed by atoms with E-state index in [-0.39, 0.29) is 26.3 Å². The summed E-state index contributed by atoms with van der Waals surface area (Å²) in [5, 5.41) is 11.2. The van der Waals surface area contributed by atoms with Gasteiger partial charge in [-0.05, 0) is 0 Å². The van der Waals surface area contributed by atoms with E-state index in [4.69, 9.17) is 9.84 Å². The van der Waals surface area contributed by atoms with Crippen molar-refractivity contribution in [1.82, 2.24) is 0 Å². The second-order valence-electron chi connectivity index (χ2n) is 2.35. The van der Waals surface area contributed by atoms with Gasteiger partial charge in [-0.15, -0.1) is 0 Å². The Morgan fingerprint density at radius 2 is 2.00 bits per heavy atom. The maximum Gasteiger partial charge on any atom is 0.543 e. The molecular formula is C5H9N2O4+. The smallest absolute Gasteiger partial charge is 0.434 e. The second-order valence-corrected chi connectivity index (χ2v) is 2.35. The van der Waals surface area contributed by atoms with E-state index in [2.05, 4.69) is 5.29 Å². The number of carboxylic acid groups (broad SMARTS) is 1. The van der Waals surface area contributed by atoms with Crippen molar-refractivity contribution in [1.29, 1.82) is 0 Å². The van der Waals surface area contributed by atoms with Gasteiger partial charge in [0.1, 0.15) is 13.1 Å². The lowest BCUT2D eigenvalue weighted by Crippen LogP contribution is -2.53. The molecule has 1 N–H and O–H groups in total. The average molecular weight is 161 g/mol. The Balaban J connectivity index is 2.72. The van der Waals surface area contributed by atoms with Crippen molar-refractivity contribution in [3.63, 3.8) is 0 Å². The molecule has 0 atom stereocenters. The monoisotopic (exact) mass is 161 g/mol. The molecule has 0 unspecified atom stereocenters. The molecule has 62 valence electrons. The summed E-state index contributed by atoms with van der Waals surface area (Å²) < 4.78 is 4.14. The van der Waals surface area contributed by atoms with E-state index in [9.17, 15) is 9.70 Å². The van der Waals surface area contributed by atoms with Gasteiger partial charge in [0.15, 0.2) is 5.29 Å². The summed E-state index contributed by atoms with van der Waals surface area (Å²) >= 11 is 0. The summed E-state index contributed by atoms with van der Waals surface area (Å²) in [5.74, 6) is 0. The van der Waals surface area contributed by atoms with E-state index in [0.717, 1.165) is 0 Å². The normalized spacial score (nSPS) is 22.5. The van der Waals surface area contributed by atoms with Gasteiger partial charge >= 0.3 is 6.09 Å². The molecule has 1 saturated heterocycles. The lowest BCUT2D eigenvalue weighted by Gasteiger charge is -2.25. The van der Waals surface area contributed by atoms with E-state index >= 15 is 0 Å². The Bertz CT molecular complexity index is 175. The predicted molar refractivity (Wildman–Crippen MR) is 34.6 cm³/mol. The van der Waals surface area contributed by atoms with Crippen LogP contribution < -0.4 is 0 Å². The lowest BCUT2D eigenvalue weighted by atomic mass is 10.4. The summed E-state index contributed by atoms with van der Waals surface area (Å²) in [5.41, 5.74) is 0. The molecule has 1 amide bonds. The van der Waals surface area contributed by atoms with Gasteiger partial charge in [0.2, 0.25) is 0 Å². The Kier molecular flexibility index (Phi) is 2.16. The number of ether oxygens (including phenoxy) is 1. The third-order valence-electron chi connectivity index (χ3n) is 1.72. The molecule has 1 heterocycles.